The third-order valence-corrected chi connectivity index (χ3v) is 6.10. The molecule has 1 saturated heterocycles. The summed E-state index contributed by atoms with van der Waals surface area (Å²) in [6.45, 7) is 1.17. The van der Waals surface area contributed by atoms with Crippen LogP contribution in [0.5, 0.6) is 0 Å². The van der Waals surface area contributed by atoms with E-state index < -0.39 is 11.9 Å². The molecule has 2 aromatic heterocycles. The SMILES string of the molecule is O=C(N[C@H](Cc1ccccc1)C(=O)N1CCC(c2nc3ccccc3o2)CC1)c1ccco1. The summed E-state index contributed by atoms with van der Waals surface area (Å²) >= 11 is 0. The van der Waals surface area contributed by atoms with Gasteiger partial charge in [0, 0.05) is 25.4 Å². The van der Waals surface area contributed by atoms with E-state index in [-0.39, 0.29) is 17.6 Å². The predicted molar refractivity (Wildman–Crippen MR) is 123 cm³/mol. The van der Waals surface area contributed by atoms with Crippen LogP contribution in [-0.4, -0.2) is 40.8 Å². The van der Waals surface area contributed by atoms with E-state index in [4.69, 9.17) is 8.83 Å². The number of piperidine rings is 1. The fourth-order valence-electron chi connectivity index (χ4n) is 4.32. The highest BCUT2D eigenvalue weighted by Gasteiger charge is 2.32. The first-order valence-electron chi connectivity index (χ1n) is 11.2. The smallest absolute Gasteiger partial charge is 0.287 e. The Bertz CT molecular complexity index is 1190. The molecule has 0 bridgehead atoms. The van der Waals surface area contributed by atoms with Crippen molar-refractivity contribution >= 4 is 22.9 Å². The van der Waals surface area contributed by atoms with Crippen LogP contribution in [0, 0.1) is 0 Å². The molecule has 168 valence electrons. The van der Waals surface area contributed by atoms with Gasteiger partial charge in [0.25, 0.3) is 5.91 Å². The highest BCUT2D eigenvalue weighted by atomic mass is 16.3. The molecule has 2 amide bonds. The van der Waals surface area contributed by atoms with E-state index >= 15 is 0 Å². The minimum atomic E-state index is -0.675. The summed E-state index contributed by atoms with van der Waals surface area (Å²) in [5.41, 5.74) is 2.63. The number of hydrogen-bond acceptors (Lipinski definition) is 5. The summed E-state index contributed by atoms with van der Waals surface area (Å²) in [4.78, 5) is 32.5. The molecule has 1 fully saturated rings. The molecule has 0 saturated carbocycles. The maximum atomic E-state index is 13.4. The number of amides is 2. The Morgan fingerprint density at radius 3 is 2.48 bits per heavy atom. The number of furan rings is 1. The number of rotatable bonds is 6. The Hall–Kier alpha value is -3.87. The molecule has 0 unspecified atom stereocenters. The molecule has 7 heteroatoms. The second-order valence-corrected chi connectivity index (χ2v) is 8.31. The lowest BCUT2D eigenvalue weighted by Gasteiger charge is -2.33. The summed E-state index contributed by atoms with van der Waals surface area (Å²) in [5, 5.41) is 2.87. The first-order valence-corrected chi connectivity index (χ1v) is 11.2. The Morgan fingerprint density at radius 1 is 1.00 bits per heavy atom. The number of nitrogens with one attached hydrogen (secondary N) is 1. The van der Waals surface area contributed by atoms with Gasteiger partial charge < -0.3 is 19.1 Å². The van der Waals surface area contributed by atoms with Crippen LogP contribution in [-0.2, 0) is 11.2 Å². The fourth-order valence-corrected chi connectivity index (χ4v) is 4.32. The maximum Gasteiger partial charge on any atom is 0.287 e. The highest BCUT2D eigenvalue weighted by Crippen LogP contribution is 2.30. The lowest BCUT2D eigenvalue weighted by molar-refractivity contribution is -0.134. The molecule has 5 rings (SSSR count). The lowest BCUT2D eigenvalue weighted by atomic mass is 9.95. The van der Waals surface area contributed by atoms with Crippen LogP contribution in [0.2, 0.25) is 0 Å². The molecule has 1 aliphatic rings. The van der Waals surface area contributed by atoms with E-state index in [1.807, 2.05) is 59.5 Å². The van der Waals surface area contributed by atoms with E-state index in [0.717, 1.165) is 35.4 Å². The van der Waals surface area contributed by atoms with Crippen molar-refractivity contribution in [2.24, 2.45) is 0 Å². The molecule has 33 heavy (non-hydrogen) atoms. The zero-order valence-electron chi connectivity index (χ0n) is 18.1. The van der Waals surface area contributed by atoms with Crippen LogP contribution in [0.4, 0.5) is 0 Å². The van der Waals surface area contributed by atoms with Crippen molar-refractivity contribution in [1.29, 1.82) is 0 Å². The van der Waals surface area contributed by atoms with Crippen molar-refractivity contribution in [2.75, 3.05) is 13.1 Å². The number of benzene rings is 2. The van der Waals surface area contributed by atoms with Gasteiger partial charge in [0.15, 0.2) is 17.2 Å². The topological polar surface area (TPSA) is 88.6 Å². The van der Waals surface area contributed by atoms with E-state index in [2.05, 4.69) is 10.3 Å². The minimum absolute atomic E-state index is 0.0882. The number of carbonyl (C=O) groups is 2. The van der Waals surface area contributed by atoms with Gasteiger partial charge in [-0.3, -0.25) is 9.59 Å². The Labute approximate surface area is 191 Å². The average Bonchev–Trinajstić information content (AvgIpc) is 3.54. The monoisotopic (exact) mass is 443 g/mol. The highest BCUT2D eigenvalue weighted by molar-refractivity contribution is 5.95. The molecule has 1 N–H and O–H groups in total. The molecule has 2 aromatic carbocycles. The van der Waals surface area contributed by atoms with Crippen molar-refractivity contribution in [3.05, 3.63) is 90.2 Å². The lowest BCUT2D eigenvalue weighted by Crippen LogP contribution is -2.51. The zero-order valence-corrected chi connectivity index (χ0v) is 18.1. The van der Waals surface area contributed by atoms with Gasteiger partial charge in [-0.1, -0.05) is 42.5 Å². The molecule has 3 heterocycles. The van der Waals surface area contributed by atoms with Crippen LogP contribution in [0.25, 0.3) is 11.1 Å². The normalized spacial score (nSPS) is 15.5. The van der Waals surface area contributed by atoms with Crippen LogP contribution >= 0.6 is 0 Å². The average molecular weight is 444 g/mol. The number of para-hydroxylation sites is 2. The Morgan fingerprint density at radius 2 is 1.76 bits per heavy atom. The summed E-state index contributed by atoms with van der Waals surface area (Å²) in [5.74, 6) is 0.614. The third-order valence-electron chi connectivity index (χ3n) is 6.10. The van der Waals surface area contributed by atoms with Crippen LogP contribution in [0.15, 0.2) is 81.8 Å². The van der Waals surface area contributed by atoms with Gasteiger partial charge in [0.05, 0.1) is 6.26 Å². The first kappa shape index (κ1) is 21.0. The number of carbonyl (C=O) groups excluding carboxylic acids is 2. The zero-order chi connectivity index (χ0) is 22.6. The van der Waals surface area contributed by atoms with E-state index in [0.29, 0.717) is 19.5 Å². The van der Waals surface area contributed by atoms with Crippen LogP contribution in [0.3, 0.4) is 0 Å². The fraction of sp³-hybridized carbons (Fsp3) is 0.269. The number of aromatic nitrogens is 1. The second kappa shape index (κ2) is 9.32. The molecular weight excluding hydrogens is 418 g/mol. The van der Waals surface area contributed by atoms with Crippen molar-refractivity contribution in [1.82, 2.24) is 15.2 Å². The molecule has 0 radical (unpaired) electrons. The molecule has 0 aliphatic carbocycles. The van der Waals surface area contributed by atoms with Crippen molar-refractivity contribution < 1.29 is 18.4 Å². The third kappa shape index (κ3) is 4.67. The Kier molecular flexibility index (Phi) is 5.93. The second-order valence-electron chi connectivity index (χ2n) is 8.31. The van der Waals surface area contributed by atoms with Gasteiger partial charge in [0.1, 0.15) is 11.6 Å². The first-order chi connectivity index (χ1) is 16.2. The van der Waals surface area contributed by atoms with Gasteiger partial charge in [-0.15, -0.1) is 0 Å². The molecular formula is C26H25N3O4. The van der Waals surface area contributed by atoms with Crippen molar-refractivity contribution in [3.8, 4) is 0 Å². The predicted octanol–water partition coefficient (Wildman–Crippen LogP) is 4.17. The molecule has 0 spiro atoms. The number of fused-ring (bicyclic) bond motifs is 1. The number of oxazole rings is 1. The molecule has 1 aliphatic heterocycles. The minimum Gasteiger partial charge on any atom is -0.459 e. The summed E-state index contributed by atoms with van der Waals surface area (Å²) in [6, 6.07) is 20.0. The van der Waals surface area contributed by atoms with Gasteiger partial charge in [-0.05, 0) is 42.7 Å². The van der Waals surface area contributed by atoms with Crippen LogP contribution < -0.4 is 5.32 Å². The van der Waals surface area contributed by atoms with Gasteiger partial charge in [-0.2, -0.15) is 0 Å². The van der Waals surface area contributed by atoms with E-state index in [1.165, 1.54) is 6.26 Å². The summed E-state index contributed by atoms with van der Waals surface area (Å²) < 4.78 is 11.1. The van der Waals surface area contributed by atoms with Gasteiger partial charge in [0.2, 0.25) is 5.91 Å². The van der Waals surface area contributed by atoms with E-state index in [9.17, 15) is 9.59 Å². The van der Waals surface area contributed by atoms with Crippen molar-refractivity contribution in [3.63, 3.8) is 0 Å². The quantitative estimate of drug-likeness (QED) is 0.483. The molecule has 4 aromatic rings. The molecule has 7 nitrogen and oxygen atoms in total. The standard InChI is InChI=1S/C26H25N3O4/c30-24(23-11-6-16-32-23)27-21(17-18-7-2-1-3-8-18)26(31)29-14-12-19(13-15-29)25-28-20-9-4-5-10-22(20)33-25/h1-11,16,19,21H,12-15,17H2,(H,27,30)/t21-/m1/s1. The van der Waals surface area contributed by atoms with E-state index in [1.54, 1.807) is 12.1 Å². The number of hydrogen-bond donors (Lipinski definition) is 1. The van der Waals surface area contributed by atoms with Crippen molar-refractivity contribution in [2.45, 2.75) is 31.2 Å². The number of likely N-dealkylation sites (tertiary alicyclic amines) is 1. The molecule has 1 atom stereocenters. The Balaban J connectivity index is 1.27. The van der Waals surface area contributed by atoms with Gasteiger partial charge >= 0.3 is 0 Å². The van der Waals surface area contributed by atoms with Crippen LogP contribution in [0.1, 0.15) is 40.8 Å². The maximum absolute atomic E-state index is 13.4. The van der Waals surface area contributed by atoms with Gasteiger partial charge in [-0.25, -0.2) is 4.98 Å². The summed E-state index contributed by atoms with van der Waals surface area (Å²) in [6.07, 6.45) is 3.39. The number of nitrogens with zero attached hydrogens (tertiary/aromatic N) is 2. The summed E-state index contributed by atoms with van der Waals surface area (Å²) in [7, 11) is 0. The largest absolute Gasteiger partial charge is 0.459 e.